The third-order valence-corrected chi connectivity index (χ3v) is 5.45. The van der Waals surface area contributed by atoms with Crippen LogP contribution in [-0.2, 0) is 23.0 Å². The van der Waals surface area contributed by atoms with Crippen molar-refractivity contribution in [3.05, 3.63) is 90.3 Å². The molecule has 3 rings (SSSR count). The van der Waals surface area contributed by atoms with Gasteiger partial charge in [-0.25, -0.2) is 8.42 Å². The molecule has 0 radical (unpaired) electrons. The quantitative estimate of drug-likeness (QED) is 0.586. The predicted molar refractivity (Wildman–Crippen MR) is 110 cm³/mol. The van der Waals surface area contributed by atoms with E-state index in [2.05, 4.69) is 15.0 Å². The molecule has 0 aliphatic carbocycles. The Morgan fingerprint density at radius 2 is 1.52 bits per heavy atom. The molecule has 0 saturated heterocycles. The number of pyridine rings is 1. The Morgan fingerprint density at radius 3 is 2.22 bits per heavy atom. The molecule has 0 amide bonds. The molecule has 0 saturated carbocycles. The van der Waals surface area contributed by atoms with Gasteiger partial charge in [-0.05, 0) is 54.8 Å². The van der Waals surface area contributed by atoms with Crippen LogP contribution in [-0.4, -0.2) is 19.2 Å². The lowest BCUT2D eigenvalue weighted by atomic mass is 10.1. The average Bonchev–Trinajstić information content (AvgIpc) is 2.69. The first kappa shape index (κ1) is 18.9. The second-order valence-corrected chi connectivity index (χ2v) is 8.10. The minimum absolute atomic E-state index is 0.0988. The molecule has 0 spiro atoms. The zero-order valence-corrected chi connectivity index (χ0v) is 15.8. The predicted octanol–water partition coefficient (Wildman–Crippen LogP) is 4.07. The number of aryl methyl sites for hydroxylation is 1. The van der Waals surface area contributed by atoms with Crippen molar-refractivity contribution in [1.82, 2.24) is 4.98 Å². The number of hydrogen-bond donors (Lipinski definition) is 2. The van der Waals surface area contributed by atoms with Gasteiger partial charge in [0.25, 0.3) is 0 Å². The van der Waals surface area contributed by atoms with E-state index in [0.717, 1.165) is 23.4 Å². The molecule has 3 aromatic rings. The number of nitrogens with zero attached hydrogens (tertiary/aromatic N) is 1. The van der Waals surface area contributed by atoms with Gasteiger partial charge in [0.05, 0.1) is 18.0 Å². The molecule has 1 aromatic heterocycles. The topological polar surface area (TPSA) is 71.1 Å². The summed E-state index contributed by atoms with van der Waals surface area (Å²) in [6.07, 6.45) is 3.09. The normalized spacial score (nSPS) is 11.1. The molecule has 2 N–H and O–H groups in total. The van der Waals surface area contributed by atoms with Crippen LogP contribution < -0.4 is 10.0 Å². The number of sulfonamides is 1. The second kappa shape index (κ2) is 9.19. The van der Waals surface area contributed by atoms with Crippen LogP contribution in [0.3, 0.4) is 0 Å². The molecule has 1 heterocycles. The van der Waals surface area contributed by atoms with Gasteiger partial charge in [0.2, 0.25) is 10.0 Å². The first-order chi connectivity index (χ1) is 13.1. The Labute approximate surface area is 160 Å². The van der Waals surface area contributed by atoms with Gasteiger partial charge < -0.3 is 5.32 Å². The van der Waals surface area contributed by atoms with Gasteiger partial charge in [-0.2, -0.15) is 0 Å². The molecule has 0 bridgehead atoms. The fourth-order valence-electron chi connectivity index (χ4n) is 2.69. The molecule has 0 aliphatic rings. The van der Waals surface area contributed by atoms with Crippen molar-refractivity contribution in [2.75, 3.05) is 15.8 Å². The van der Waals surface area contributed by atoms with Crippen molar-refractivity contribution in [3.8, 4) is 0 Å². The summed E-state index contributed by atoms with van der Waals surface area (Å²) < 4.78 is 27.1. The van der Waals surface area contributed by atoms with E-state index >= 15 is 0 Å². The summed E-state index contributed by atoms with van der Waals surface area (Å²) in [5.74, 6) is 0.0988. The zero-order chi connectivity index (χ0) is 19.0. The number of rotatable bonds is 9. The fourth-order valence-corrected chi connectivity index (χ4v) is 3.81. The lowest BCUT2D eigenvalue weighted by molar-refractivity contribution is 0.598. The summed E-state index contributed by atoms with van der Waals surface area (Å²) in [5.41, 5.74) is 3.57. The van der Waals surface area contributed by atoms with E-state index in [0.29, 0.717) is 18.7 Å². The Balaban J connectivity index is 1.47. The highest BCUT2D eigenvalue weighted by molar-refractivity contribution is 7.92. The maximum Gasteiger partial charge on any atom is 0.232 e. The van der Waals surface area contributed by atoms with E-state index in [1.807, 2.05) is 60.7 Å². The van der Waals surface area contributed by atoms with Crippen LogP contribution in [0.5, 0.6) is 0 Å². The van der Waals surface area contributed by atoms with E-state index in [4.69, 9.17) is 0 Å². The number of anilines is 2. The zero-order valence-electron chi connectivity index (χ0n) is 15.0. The Morgan fingerprint density at radius 1 is 0.815 bits per heavy atom. The van der Waals surface area contributed by atoms with Crippen LogP contribution in [0, 0.1) is 0 Å². The Hall–Kier alpha value is -2.86. The molecular weight excluding hydrogens is 358 g/mol. The molecule has 140 valence electrons. The summed E-state index contributed by atoms with van der Waals surface area (Å²) in [4.78, 5) is 4.26. The molecule has 2 aromatic carbocycles. The highest BCUT2D eigenvalue weighted by Crippen LogP contribution is 2.16. The van der Waals surface area contributed by atoms with Crippen molar-refractivity contribution in [2.45, 2.75) is 19.4 Å². The largest absolute Gasteiger partial charge is 0.379 e. The van der Waals surface area contributed by atoms with Crippen LogP contribution in [0.4, 0.5) is 11.4 Å². The van der Waals surface area contributed by atoms with Crippen LogP contribution in [0.2, 0.25) is 0 Å². The summed E-state index contributed by atoms with van der Waals surface area (Å²) in [6, 6.07) is 22.9. The first-order valence-electron chi connectivity index (χ1n) is 8.89. The van der Waals surface area contributed by atoms with E-state index in [9.17, 15) is 8.42 Å². The summed E-state index contributed by atoms with van der Waals surface area (Å²) in [5, 5.41) is 3.26. The van der Waals surface area contributed by atoms with Crippen LogP contribution in [0.1, 0.15) is 17.7 Å². The minimum atomic E-state index is -3.35. The molecule has 5 nitrogen and oxygen atoms in total. The Bertz CT molecular complexity index is 928. The SMILES string of the molecule is O=S(=O)(CCCc1ccccc1)Nc1ccc(NCc2ccccn2)cc1. The smallest absolute Gasteiger partial charge is 0.232 e. The van der Waals surface area contributed by atoms with Crippen LogP contribution in [0.15, 0.2) is 79.0 Å². The molecule has 0 atom stereocenters. The van der Waals surface area contributed by atoms with Gasteiger partial charge in [0.15, 0.2) is 0 Å². The summed E-state index contributed by atoms with van der Waals surface area (Å²) in [7, 11) is -3.35. The molecular formula is C21H23N3O2S. The maximum absolute atomic E-state index is 12.3. The van der Waals surface area contributed by atoms with Crippen molar-refractivity contribution in [3.63, 3.8) is 0 Å². The number of aromatic nitrogens is 1. The van der Waals surface area contributed by atoms with Crippen LogP contribution >= 0.6 is 0 Å². The van der Waals surface area contributed by atoms with Crippen molar-refractivity contribution in [1.29, 1.82) is 0 Å². The fraction of sp³-hybridized carbons (Fsp3) is 0.190. The van der Waals surface area contributed by atoms with Crippen molar-refractivity contribution >= 4 is 21.4 Å². The second-order valence-electron chi connectivity index (χ2n) is 6.26. The first-order valence-corrected chi connectivity index (χ1v) is 10.5. The van der Waals surface area contributed by atoms with Gasteiger partial charge in [-0.15, -0.1) is 0 Å². The maximum atomic E-state index is 12.3. The van der Waals surface area contributed by atoms with Gasteiger partial charge >= 0.3 is 0 Å². The molecule has 27 heavy (non-hydrogen) atoms. The van der Waals surface area contributed by atoms with Gasteiger partial charge in [-0.3, -0.25) is 9.71 Å². The summed E-state index contributed by atoms with van der Waals surface area (Å²) in [6.45, 7) is 0.616. The lowest BCUT2D eigenvalue weighted by Crippen LogP contribution is -2.17. The van der Waals surface area contributed by atoms with Gasteiger partial charge in [-0.1, -0.05) is 36.4 Å². The van der Waals surface area contributed by atoms with Crippen molar-refractivity contribution < 1.29 is 8.42 Å². The van der Waals surface area contributed by atoms with Crippen LogP contribution in [0.25, 0.3) is 0 Å². The van der Waals surface area contributed by atoms with Gasteiger partial charge in [0.1, 0.15) is 0 Å². The molecule has 0 fully saturated rings. The van der Waals surface area contributed by atoms with E-state index < -0.39 is 10.0 Å². The number of hydrogen-bond acceptors (Lipinski definition) is 4. The summed E-state index contributed by atoms with van der Waals surface area (Å²) >= 11 is 0. The highest BCUT2D eigenvalue weighted by Gasteiger charge is 2.10. The highest BCUT2D eigenvalue weighted by atomic mass is 32.2. The molecule has 6 heteroatoms. The Kier molecular flexibility index (Phi) is 6.44. The van der Waals surface area contributed by atoms with E-state index in [1.165, 1.54) is 0 Å². The van der Waals surface area contributed by atoms with Crippen molar-refractivity contribution in [2.24, 2.45) is 0 Å². The third-order valence-electron chi connectivity index (χ3n) is 4.08. The average molecular weight is 382 g/mol. The lowest BCUT2D eigenvalue weighted by Gasteiger charge is -2.10. The molecule has 0 unspecified atom stereocenters. The minimum Gasteiger partial charge on any atom is -0.379 e. The molecule has 0 aliphatic heterocycles. The van der Waals surface area contributed by atoms with E-state index in [-0.39, 0.29) is 5.75 Å². The number of benzene rings is 2. The van der Waals surface area contributed by atoms with Gasteiger partial charge in [0, 0.05) is 17.6 Å². The third kappa shape index (κ3) is 6.42. The van der Waals surface area contributed by atoms with E-state index in [1.54, 1.807) is 18.3 Å². The monoisotopic (exact) mass is 381 g/mol. The standard InChI is InChI=1S/C21H23N3O2S/c25-27(26,16-6-9-18-7-2-1-3-8-18)24-20-13-11-19(12-14-20)23-17-21-10-4-5-15-22-21/h1-5,7-8,10-15,23-24H,6,9,16-17H2. The number of nitrogens with one attached hydrogen (secondary N) is 2.